The molecule has 0 amide bonds. The first-order valence-corrected chi connectivity index (χ1v) is 10.2. The summed E-state index contributed by atoms with van der Waals surface area (Å²) < 4.78 is 37.0. The molecule has 2 aromatic carbocycles. The van der Waals surface area contributed by atoms with E-state index in [0.29, 0.717) is 17.8 Å². The first-order chi connectivity index (χ1) is 14.1. The highest BCUT2D eigenvalue weighted by Gasteiger charge is 1.99. The van der Waals surface area contributed by atoms with Crippen LogP contribution in [0.3, 0.4) is 0 Å². The van der Waals surface area contributed by atoms with E-state index in [4.69, 9.17) is 0 Å². The largest absolute Gasteiger partial charge is 0.258 e. The zero-order valence-corrected chi connectivity index (χ0v) is 18.7. The van der Waals surface area contributed by atoms with Gasteiger partial charge in [0.1, 0.15) is 17.5 Å². The summed E-state index contributed by atoms with van der Waals surface area (Å²) in [4.78, 5) is 3.90. The van der Waals surface area contributed by atoms with Crippen molar-refractivity contribution in [2.24, 2.45) is 0 Å². The smallest absolute Gasteiger partial charge is 0.141 e. The molecule has 1 heterocycles. The van der Waals surface area contributed by atoms with Crippen molar-refractivity contribution < 1.29 is 13.2 Å². The number of hydrogen-bond acceptors (Lipinski definition) is 1. The van der Waals surface area contributed by atoms with Gasteiger partial charge in [0, 0.05) is 5.69 Å². The zero-order valence-electron chi connectivity index (χ0n) is 18.7. The average molecular weight is 432 g/mol. The van der Waals surface area contributed by atoms with E-state index in [1.807, 2.05) is 38.1 Å². The SMILES string of the molecule is C.CC(C)c1ccc(F)cc1.CC(C)c1ccc(F)cc1.CC(C)c1ccc(F)cn1. The Morgan fingerprint density at radius 1 is 0.516 bits per heavy atom. The third-order valence-electron chi connectivity index (χ3n) is 4.42. The number of aromatic nitrogens is 1. The predicted molar refractivity (Wildman–Crippen MR) is 126 cm³/mol. The lowest BCUT2D eigenvalue weighted by molar-refractivity contribution is 0.617. The maximum absolute atomic E-state index is 12.4. The van der Waals surface area contributed by atoms with Crippen LogP contribution < -0.4 is 0 Å². The van der Waals surface area contributed by atoms with Gasteiger partial charge in [-0.15, -0.1) is 0 Å². The first-order valence-electron chi connectivity index (χ1n) is 10.2. The highest BCUT2D eigenvalue weighted by atomic mass is 19.1. The molecule has 0 bridgehead atoms. The van der Waals surface area contributed by atoms with Crippen LogP contribution in [0.25, 0.3) is 0 Å². The normalized spacial score (nSPS) is 10.1. The van der Waals surface area contributed by atoms with Crippen molar-refractivity contribution in [2.75, 3.05) is 0 Å². The van der Waals surface area contributed by atoms with E-state index in [-0.39, 0.29) is 24.9 Å². The summed E-state index contributed by atoms with van der Waals surface area (Å²) in [5, 5.41) is 0. The van der Waals surface area contributed by atoms with E-state index >= 15 is 0 Å². The summed E-state index contributed by atoms with van der Waals surface area (Å²) in [6.45, 7) is 12.4. The number of rotatable bonds is 3. The Balaban J connectivity index is 0.000000429. The third-order valence-corrected chi connectivity index (χ3v) is 4.42. The number of pyridine rings is 1. The van der Waals surface area contributed by atoms with Gasteiger partial charge >= 0.3 is 0 Å². The van der Waals surface area contributed by atoms with Gasteiger partial charge in [0.05, 0.1) is 6.20 Å². The first kappa shape index (κ1) is 28.4. The van der Waals surface area contributed by atoms with E-state index in [1.165, 1.54) is 47.7 Å². The quantitative estimate of drug-likeness (QED) is 0.403. The Morgan fingerprint density at radius 2 is 0.871 bits per heavy atom. The van der Waals surface area contributed by atoms with Crippen LogP contribution >= 0.6 is 0 Å². The van der Waals surface area contributed by atoms with E-state index in [1.54, 1.807) is 6.07 Å². The van der Waals surface area contributed by atoms with Crippen LogP contribution in [0.4, 0.5) is 13.2 Å². The molecule has 170 valence electrons. The number of benzene rings is 2. The monoisotopic (exact) mass is 431 g/mol. The fourth-order valence-electron chi connectivity index (χ4n) is 2.42. The van der Waals surface area contributed by atoms with Crippen molar-refractivity contribution in [3.63, 3.8) is 0 Å². The topological polar surface area (TPSA) is 12.9 Å². The van der Waals surface area contributed by atoms with Crippen LogP contribution in [-0.4, -0.2) is 4.98 Å². The van der Waals surface area contributed by atoms with Gasteiger partial charge in [-0.05, 0) is 65.3 Å². The van der Waals surface area contributed by atoms with E-state index < -0.39 is 0 Å². The Kier molecular flexibility index (Phi) is 13.2. The van der Waals surface area contributed by atoms with Crippen molar-refractivity contribution in [3.05, 3.63) is 101 Å². The molecule has 0 aliphatic carbocycles. The standard InChI is InChI=1S/2C9H11F.C8H10FN.CH4/c2*1-7(2)8-3-5-9(10)6-4-8;1-6(2)8-4-3-7(9)5-10-8;/h2*3-7H,1-2H3;3-6H,1-2H3;1H4. The highest BCUT2D eigenvalue weighted by molar-refractivity contribution is 5.19. The molecule has 0 saturated carbocycles. The molecular formula is C27H36F3N. The zero-order chi connectivity index (χ0) is 22.7. The maximum atomic E-state index is 12.4. The lowest BCUT2D eigenvalue weighted by Gasteiger charge is -2.02. The lowest BCUT2D eigenvalue weighted by Crippen LogP contribution is -1.91. The average Bonchev–Trinajstić information content (AvgIpc) is 2.70. The van der Waals surface area contributed by atoms with Gasteiger partial charge in [0.2, 0.25) is 0 Å². The van der Waals surface area contributed by atoms with Gasteiger partial charge in [0.15, 0.2) is 0 Å². The Bertz CT molecular complexity index is 719. The minimum Gasteiger partial charge on any atom is -0.258 e. The molecule has 0 radical (unpaired) electrons. The van der Waals surface area contributed by atoms with Gasteiger partial charge in [-0.1, -0.05) is 73.2 Å². The molecule has 0 N–H and O–H groups in total. The molecule has 0 aliphatic rings. The van der Waals surface area contributed by atoms with Gasteiger partial charge in [-0.3, -0.25) is 4.98 Å². The third kappa shape index (κ3) is 11.4. The summed E-state index contributed by atoms with van der Waals surface area (Å²) >= 11 is 0. The van der Waals surface area contributed by atoms with Gasteiger partial charge in [0.25, 0.3) is 0 Å². The van der Waals surface area contributed by atoms with Crippen LogP contribution in [0.15, 0.2) is 66.9 Å². The van der Waals surface area contributed by atoms with Gasteiger partial charge < -0.3 is 0 Å². The van der Waals surface area contributed by atoms with Crippen molar-refractivity contribution in [2.45, 2.75) is 66.7 Å². The molecule has 4 heteroatoms. The molecule has 31 heavy (non-hydrogen) atoms. The van der Waals surface area contributed by atoms with E-state index in [9.17, 15) is 13.2 Å². The van der Waals surface area contributed by atoms with Crippen molar-refractivity contribution in [1.82, 2.24) is 4.98 Å². The van der Waals surface area contributed by atoms with Gasteiger partial charge in [-0.2, -0.15) is 0 Å². The molecule has 3 aromatic rings. The molecule has 1 aromatic heterocycles. The molecule has 0 atom stereocenters. The maximum Gasteiger partial charge on any atom is 0.141 e. The Morgan fingerprint density at radius 3 is 1.13 bits per heavy atom. The molecule has 0 fully saturated rings. The minimum absolute atomic E-state index is 0. The highest BCUT2D eigenvalue weighted by Crippen LogP contribution is 2.14. The molecule has 0 unspecified atom stereocenters. The number of hydrogen-bond donors (Lipinski definition) is 0. The molecule has 0 saturated heterocycles. The minimum atomic E-state index is -0.274. The van der Waals surface area contributed by atoms with Gasteiger partial charge in [-0.25, -0.2) is 13.2 Å². The Hall–Kier alpha value is -2.62. The summed E-state index contributed by atoms with van der Waals surface area (Å²) in [6, 6.07) is 16.4. The molecule has 0 spiro atoms. The molecule has 0 aliphatic heterocycles. The predicted octanol–water partition coefficient (Wildman–Crippen LogP) is 8.88. The van der Waals surface area contributed by atoms with Crippen molar-refractivity contribution in [1.29, 1.82) is 0 Å². The molecule has 1 nitrogen and oxygen atoms in total. The van der Waals surface area contributed by atoms with E-state index in [0.717, 1.165) is 5.69 Å². The summed E-state index contributed by atoms with van der Waals surface area (Å²) in [5.74, 6) is 0.750. The fourth-order valence-corrected chi connectivity index (χ4v) is 2.42. The molecule has 3 rings (SSSR count). The second kappa shape index (κ2) is 14.4. The van der Waals surface area contributed by atoms with Crippen LogP contribution in [0.2, 0.25) is 0 Å². The lowest BCUT2D eigenvalue weighted by atomic mass is 10.0. The van der Waals surface area contributed by atoms with Crippen LogP contribution in [0, 0.1) is 17.5 Å². The van der Waals surface area contributed by atoms with E-state index in [2.05, 4.69) is 32.7 Å². The summed E-state index contributed by atoms with van der Waals surface area (Å²) in [5.41, 5.74) is 3.30. The van der Waals surface area contributed by atoms with Crippen LogP contribution in [0.5, 0.6) is 0 Å². The Labute approximate surface area is 186 Å². The fraction of sp³-hybridized carbons (Fsp3) is 0.370. The summed E-state index contributed by atoms with van der Waals surface area (Å²) in [7, 11) is 0. The second-order valence-corrected chi connectivity index (χ2v) is 7.97. The van der Waals surface area contributed by atoms with Crippen LogP contribution in [-0.2, 0) is 0 Å². The number of halogens is 3. The summed E-state index contributed by atoms with van der Waals surface area (Å²) in [6.07, 6.45) is 1.25. The van der Waals surface area contributed by atoms with Crippen LogP contribution in [0.1, 0.15) is 83.5 Å². The van der Waals surface area contributed by atoms with Crippen molar-refractivity contribution in [3.8, 4) is 0 Å². The van der Waals surface area contributed by atoms with Crippen molar-refractivity contribution >= 4 is 0 Å². The second-order valence-electron chi connectivity index (χ2n) is 7.97. The number of nitrogens with zero attached hydrogens (tertiary/aromatic N) is 1. The molecular weight excluding hydrogens is 395 g/mol.